The summed E-state index contributed by atoms with van der Waals surface area (Å²) < 4.78 is 0. The Balaban J connectivity index is 2.67. The molecule has 5 heteroatoms. The van der Waals surface area contributed by atoms with Crippen LogP contribution in [0.4, 0.5) is 5.13 Å². The second kappa shape index (κ2) is 8.11. The van der Waals surface area contributed by atoms with Crippen molar-refractivity contribution in [3.05, 3.63) is 11.1 Å². The van der Waals surface area contributed by atoms with E-state index in [2.05, 4.69) is 69.2 Å². The molecule has 0 aromatic carbocycles. The number of anilines is 1. The zero-order valence-electron chi connectivity index (χ0n) is 14.7. The maximum Gasteiger partial charge on any atom is 0.185 e. The summed E-state index contributed by atoms with van der Waals surface area (Å²) in [6.45, 7) is 15.1. The highest BCUT2D eigenvalue weighted by Gasteiger charge is 2.14. The van der Waals surface area contributed by atoms with Crippen molar-refractivity contribution >= 4 is 16.5 Å². The number of thiazole rings is 1. The lowest BCUT2D eigenvalue weighted by atomic mass is 10.1. The van der Waals surface area contributed by atoms with Crippen molar-refractivity contribution < 1.29 is 0 Å². The first-order chi connectivity index (χ1) is 9.67. The van der Waals surface area contributed by atoms with Crippen molar-refractivity contribution in [2.75, 3.05) is 38.6 Å². The van der Waals surface area contributed by atoms with Gasteiger partial charge in [0.15, 0.2) is 5.13 Å². The average molecular weight is 313 g/mol. The Hall–Kier alpha value is -0.650. The van der Waals surface area contributed by atoms with Crippen LogP contribution in [0.25, 0.3) is 0 Å². The van der Waals surface area contributed by atoms with Crippen molar-refractivity contribution in [2.45, 2.75) is 46.7 Å². The second-order valence-corrected chi connectivity index (χ2v) is 8.20. The summed E-state index contributed by atoms with van der Waals surface area (Å²) in [6, 6.07) is 0. The minimum Gasteiger partial charge on any atom is -0.347 e. The summed E-state index contributed by atoms with van der Waals surface area (Å²) in [7, 11) is 4.24. The molecule has 0 spiro atoms. The number of nitrogens with zero attached hydrogens (tertiary/aromatic N) is 3. The monoisotopic (exact) mass is 312 g/mol. The smallest absolute Gasteiger partial charge is 0.185 e. The maximum atomic E-state index is 4.81. The van der Waals surface area contributed by atoms with Crippen LogP contribution in [0.1, 0.15) is 40.3 Å². The minimum atomic E-state index is 0.131. The summed E-state index contributed by atoms with van der Waals surface area (Å²) in [6.07, 6.45) is 0. The third-order valence-electron chi connectivity index (χ3n) is 3.01. The third-order valence-corrected chi connectivity index (χ3v) is 3.96. The van der Waals surface area contributed by atoms with E-state index in [0.717, 1.165) is 37.0 Å². The predicted octanol–water partition coefficient (Wildman–Crippen LogP) is 3.06. The van der Waals surface area contributed by atoms with E-state index in [4.69, 9.17) is 4.98 Å². The Morgan fingerprint density at radius 1 is 1.24 bits per heavy atom. The van der Waals surface area contributed by atoms with E-state index in [-0.39, 0.29) is 5.54 Å². The van der Waals surface area contributed by atoms with Crippen molar-refractivity contribution in [2.24, 2.45) is 5.92 Å². The Kier molecular flexibility index (Phi) is 7.10. The van der Waals surface area contributed by atoms with Crippen molar-refractivity contribution in [1.29, 1.82) is 0 Å². The predicted molar refractivity (Wildman–Crippen MR) is 94.3 cm³/mol. The van der Waals surface area contributed by atoms with Crippen LogP contribution in [-0.4, -0.2) is 49.2 Å². The van der Waals surface area contributed by atoms with Crippen molar-refractivity contribution in [1.82, 2.24) is 15.2 Å². The molecule has 0 amide bonds. The molecule has 1 rings (SSSR count). The Morgan fingerprint density at radius 3 is 2.43 bits per heavy atom. The van der Waals surface area contributed by atoms with Crippen LogP contribution in [0.2, 0.25) is 0 Å². The molecule has 0 unspecified atom stereocenters. The van der Waals surface area contributed by atoms with E-state index in [1.165, 1.54) is 0 Å². The van der Waals surface area contributed by atoms with E-state index >= 15 is 0 Å². The van der Waals surface area contributed by atoms with Crippen LogP contribution in [0.3, 0.4) is 0 Å². The number of hydrogen-bond acceptors (Lipinski definition) is 5. The highest BCUT2D eigenvalue weighted by atomic mass is 32.1. The molecule has 1 aromatic heterocycles. The second-order valence-electron chi connectivity index (χ2n) is 7.37. The minimum absolute atomic E-state index is 0.131. The highest BCUT2D eigenvalue weighted by Crippen LogP contribution is 2.22. The van der Waals surface area contributed by atoms with Gasteiger partial charge in [0.1, 0.15) is 0 Å². The molecule has 0 aliphatic carbocycles. The first-order valence-corrected chi connectivity index (χ1v) is 8.64. The van der Waals surface area contributed by atoms with Gasteiger partial charge in [0.05, 0.1) is 5.69 Å². The first kappa shape index (κ1) is 18.4. The molecule has 0 saturated heterocycles. The van der Waals surface area contributed by atoms with Gasteiger partial charge in [-0.1, -0.05) is 13.8 Å². The van der Waals surface area contributed by atoms with Gasteiger partial charge >= 0.3 is 0 Å². The van der Waals surface area contributed by atoms with Gasteiger partial charge in [0.25, 0.3) is 0 Å². The molecule has 1 heterocycles. The van der Waals surface area contributed by atoms with Gasteiger partial charge in [-0.3, -0.25) is 0 Å². The van der Waals surface area contributed by atoms with Crippen molar-refractivity contribution in [3.63, 3.8) is 0 Å². The molecule has 21 heavy (non-hydrogen) atoms. The Bertz CT molecular complexity index is 407. The Morgan fingerprint density at radius 2 is 1.90 bits per heavy atom. The summed E-state index contributed by atoms with van der Waals surface area (Å²) in [5, 5.41) is 6.83. The molecular formula is C16H32N4S. The van der Waals surface area contributed by atoms with Crippen LogP contribution in [-0.2, 0) is 6.54 Å². The first-order valence-electron chi connectivity index (χ1n) is 7.76. The number of aromatic nitrogens is 1. The molecule has 0 saturated carbocycles. The molecular weight excluding hydrogens is 280 g/mol. The van der Waals surface area contributed by atoms with E-state index in [0.29, 0.717) is 5.92 Å². The molecule has 1 aromatic rings. The van der Waals surface area contributed by atoms with Gasteiger partial charge in [-0.2, -0.15) is 0 Å². The number of rotatable bonds is 8. The fourth-order valence-electron chi connectivity index (χ4n) is 1.90. The van der Waals surface area contributed by atoms with Gasteiger partial charge in [0.2, 0.25) is 0 Å². The maximum absolute atomic E-state index is 4.81. The largest absolute Gasteiger partial charge is 0.347 e. The van der Waals surface area contributed by atoms with Crippen LogP contribution in [0, 0.1) is 5.92 Å². The summed E-state index contributed by atoms with van der Waals surface area (Å²) in [5.74, 6) is 0.646. The summed E-state index contributed by atoms with van der Waals surface area (Å²) in [5.41, 5.74) is 1.27. The summed E-state index contributed by atoms with van der Waals surface area (Å²) in [4.78, 5) is 9.45. The van der Waals surface area contributed by atoms with Gasteiger partial charge in [-0.15, -0.1) is 11.3 Å². The molecule has 4 nitrogen and oxygen atoms in total. The van der Waals surface area contributed by atoms with Gasteiger partial charge in [-0.05, 0) is 40.8 Å². The normalized spacial score (nSPS) is 12.4. The lowest BCUT2D eigenvalue weighted by molar-refractivity contribution is 0.408. The molecule has 0 bridgehead atoms. The molecule has 122 valence electrons. The van der Waals surface area contributed by atoms with Crippen LogP contribution < -0.4 is 10.2 Å². The highest BCUT2D eigenvalue weighted by molar-refractivity contribution is 7.13. The van der Waals surface area contributed by atoms with Gasteiger partial charge in [-0.25, -0.2) is 4.98 Å². The van der Waals surface area contributed by atoms with Crippen LogP contribution in [0.5, 0.6) is 0 Å². The fraction of sp³-hybridized carbons (Fsp3) is 0.812. The third kappa shape index (κ3) is 7.79. The number of likely N-dealkylation sites (N-methyl/N-ethyl adjacent to an activating group) is 1. The lowest BCUT2D eigenvalue weighted by Gasteiger charge is -2.25. The number of hydrogen-bond donors (Lipinski definition) is 1. The lowest BCUT2D eigenvalue weighted by Crippen LogP contribution is -2.35. The van der Waals surface area contributed by atoms with E-state index < -0.39 is 0 Å². The zero-order valence-corrected chi connectivity index (χ0v) is 15.5. The number of nitrogens with one attached hydrogen (secondary N) is 1. The molecule has 0 aliphatic heterocycles. The molecule has 0 atom stereocenters. The quantitative estimate of drug-likeness (QED) is 0.799. The van der Waals surface area contributed by atoms with Gasteiger partial charge in [0, 0.05) is 37.1 Å². The Labute approximate surface area is 134 Å². The zero-order chi connectivity index (χ0) is 16.0. The molecule has 1 N–H and O–H groups in total. The van der Waals surface area contributed by atoms with Gasteiger partial charge < -0.3 is 15.1 Å². The van der Waals surface area contributed by atoms with E-state index in [1.807, 2.05) is 0 Å². The SMILES string of the molecule is CC(C)CN(CCN(C)C)c1nc(CNC(C)(C)C)cs1. The molecule has 0 fully saturated rings. The summed E-state index contributed by atoms with van der Waals surface area (Å²) >= 11 is 1.76. The molecule has 0 aliphatic rings. The van der Waals surface area contributed by atoms with E-state index in [9.17, 15) is 0 Å². The fourth-order valence-corrected chi connectivity index (χ4v) is 2.77. The van der Waals surface area contributed by atoms with E-state index in [1.54, 1.807) is 11.3 Å². The standard InChI is InChI=1S/C16H32N4S/c1-13(2)11-20(9-8-19(6)7)15-18-14(12-21-15)10-17-16(3,4)5/h12-13,17H,8-11H2,1-7H3. The topological polar surface area (TPSA) is 31.4 Å². The van der Waals surface area contributed by atoms with Crippen LogP contribution in [0.15, 0.2) is 5.38 Å². The van der Waals surface area contributed by atoms with Crippen LogP contribution >= 0.6 is 11.3 Å². The molecule has 0 radical (unpaired) electrons. The van der Waals surface area contributed by atoms with Crippen molar-refractivity contribution in [3.8, 4) is 0 Å². The average Bonchev–Trinajstić information content (AvgIpc) is 2.79.